The van der Waals surface area contributed by atoms with Crippen molar-refractivity contribution in [3.63, 3.8) is 0 Å². The lowest BCUT2D eigenvalue weighted by atomic mass is 9.78. The van der Waals surface area contributed by atoms with Crippen molar-refractivity contribution >= 4 is 0 Å². The molecule has 3 rings (SSSR count). The molecule has 18 heavy (non-hydrogen) atoms. The van der Waals surface area contributed by atoms with Crippen LogP contribution in [0.3, 0.4) is 0 Å². The Balaban J connectivity index is 1.63. The lowest BCUT2D eigenvalue weighted by Crippen LogP contribution is -2.49. The van der Waals surface area contributed by atoms with Gasteiger partial charge in [0.25, 0.3) is 0 Å². The number of fused-ring (bicyclic) bond motifs is 1. The van der Waals surface area contributed by atoms with E-state index in [0.29, 0.717) is 6.54 Å². The third-order valence-corrected chi connectivity index (χ3v) is 3.96. The van der Waals surface area contributed by atoms with E-state index >= 15 is 0 Å². The number of aliphatic hydroxyl groups is 1. The minimum absolute atomic E-state index is 0.220. The van der Waals surface area contributed by atoms with Crippen LogP contribution in [0, 0.1) is 0 Å². The van der Waals surface area contributed by atoms with Gasteiger partial charge in [0.2, 0.25) is 6.79 Å². The van der Waals surface area contributed by atoms with Gasteiger partial charge in [0, 0.05) is 12.1 Å². The molecule has 4 nitrogen and oxygen atoms in total. The molecule has 1 aromatic rings. The molecule has 1 fully saturated rings. The zero-order valence-electron chi connectivity index (χ0n) is 10.6. The fourth-order valence-corrected chi connectivity index (χ4v) is 2.47. The maximum atomic E-state index is 10.2. The van der Waals surface area contributed by atoms with Gasteiger partial charge < -0.3 is 19.9 Å². The lowest BCUT2D eigenvalue weighted by molar-refractivity contribution is 0.132. The van der Waals surface area contributed by atoms with E-state index in [2.05, 4.69) is 12.2 Å². The SMILES string of the molecule is CC1(NCC(O)c2ccc3c(c2)OCO3)CCC1. The van der Waals surface area contributed by atoms with Crippen molar-refractivity contribution in [2.45, 2.75) is 37.8 Å². The minimum atomic E-state index is -0.503. The van der Waals surface area contributed by atoms with E-state index in [-0.39, 0.29) is 12.3 Å². The first-order chi connectivity index (χ1) is 8.66. The number of benzene rings is 1. The molecule has 1 heterocycles. The van der Waals surface area contributed by atoms with Crippen LogP contribution in [-0.4, -0.2) is 24.0 Å². The zero-order valence-corrected chi connectivity index (χ0v) is 10.6. The van der Waals surface area contributed by atoms with Crippen LogP contribution in [0.25, 0.3) is 0 Å². The second kappa shape index (κ2) is 4.44. The fourth-order valence-electron chi connectivity index (χ4n) is 2.47. The number of β-amino-alcohol motifs (C(OH)–C–C–N with tert-alkyl or cyclic N) is 1. The highest BCUT2D eigenvalue weighted by Gasteiger charge is 2.31. The third-order valence-electron chi connectivity index (χ3n) is 3.96. The highest BCUT2D eigenvalue weighted by Crippen LogP contribution is 2.35. The van der Waals surface area contributed by atoms with Gasteiger partial charge in [0.15, 0.2) is 11.5 Å². The van der Waals surface area contributed by atoms with E-state index in [1.165, 1.54) is 19.3 Å². The molecule has 1 aliphatic heterocycles. The topological polar surface area (TPSA) is 50.7 Å². The highest BCUT2D eigenvalue weighted by atomic mass is 16.7. The van der Waals surface area contributed by atoms with Gasteiger partial charge >= 0.3 is 0 Å². The van der Waals surface area contributed by atoms with Crippen LogP contribution in [0.1, 0.15) is 37.9 Å². The van der Waals surface area contributed by atoms with E-state index in [9.17, 15) is 5.11 Å². The van der Waals surface area contributed by atoms with Gasteiger partial charge in [-0.05, 0) is 43.9 Å². The summed E-state index contributed by atoms with van der Waals surface area (Å²) in [5.74, 6) is 1.48. The predicted octanol–water partition coefficient (Wildman–Crippen LogP) is 1.98. The predicted molar refractivity (Wildman–Crippen MR) is 67.8 cm³/mol. The molecule has 1 unspecified atom stereocenters. The van der Waals surface area contributed by atoms with Crippen LogP contribution >= 0.6 is 0 Å². The molecule has 2 aliphatic rings. The van der Waals surface area contributed by atoms with Crippen LogP contribution in [-0.2, 0) is 0 Å². The maximum Gasteiger partial charge on any atom is 0.231 e. The molecular formula is C14H19NO3. The molecule has 98 valence electrons. The molecule has 0 radical (unpaired) electrons. The van der Waals surface area contributed by atoms with Gasteiger partial charge in [-0.15, -0.1) is 0 Å². The number of nitrogens with one attached hydrogen (secondary N) is 1. The molecule has 2 N–H and O–H groups in total. The first-order valence-electron chi connectivity index (χ1n) is 6.49. The third kappa shape index (κ3) is 2.18. The second-order valence-electron chi connectivity index (χ2n) is 5.42. The van der Waals surface area contributed by atoms with Crippen LogP contribution in [0.15, 0.2) is 18.2 Å². The number of ether oxygens (including phenoxy) is 2. The Morgan fingerprint density at radius 2 is 2.11 bits per heavy atom. The molecule has 1 aromatic carbocycles. The molecule has 4 heteroatoms. The number of hydrogen-bond acceptors (Lipinski definition) is 4. The Bertz CT molecular complexity index is 443. The van der Waals surface area contributed by atoms with Gasteiger partial charge in [0.1, 0.15) is 0 Å². The normalized spacial score (nSPS) is 21.4. The van der Waals surface area contributed by atoms with Crippen molar-refractivity contribution < 1.29 is 14.6 Å². The van der Waals surface area contributed by atoms with Crippen LogP contribution < -0.4 is 14.8 Å². The Morgan fingerprint density at radius 3 is 2.83 bits per heavy atom. The Morgan fingerprint density at radius 1 is 1.33 bits per heavy atom. The van der Waals surface area contributed by atoms with Gasteiger partial charge in [0.05, 0.1) is 6.10 Å². The van der Waals surface area contributed by atoms with Gasteiger partial charge in [-0.2, -0.15) is 0 Å². The van der Waals surface area contributed by atoms with Gasteiger partial charge in [-0.1, -0.05) is 6.07 Å². The van der Waals surface area contributed by atoms with Crippen LogP contribution in [0.2, 0.25) is 0 Å². The molecule has 1 aliphatic carbocycles. The molecule has 0 aromatic heterocycles. The first kappa shape index (κ1) is 11.8. The lowest BCUT2D eigenvalue weighted by Gasteiger charge is -2.40. The number of aliphatic hydroxyl groups excluding tert-OH is 1. The summed E-state index contributed by atoms with van der Waals surface area (Å²) in [6, 6.07) is 5.60. The summed E-state index contributed by atoms with van der Waals surface area (Å²) < 4.78 is 10.6. The number of hydrogen-bond donors (Lipinski definition) is 2. The van der Waals surface area contributed by atoms with Crippen molar-refractivity contribution in [3.8, 4) is 11.5 Å². The van der Waals surface area contributed by atoms with E-state index in [1.807, 2.05) is 18.2 Å². The first-order valence-corrected chi connectivity index (χ1v) is 6.49. The molecular weight excluding hydrogens is 230 g/mol. The molecule has 0 spiro atoms. The van der Waals surface area contributed by atoms with E-state index in [4.69, 9.17) is 9.47 Å². The summed E-state index contributed by atoms with van der Waals surface area (Å²) in [5, 5.41) is 13.6. The standard InChI is InChI=1S/C14H19NO3/c1-14(5-2-6-14)15-8-11(16)10-3-4-12-13(7-10)18-9-17-12/h3-4,7,11,15-16H,2,5-6,8-9H2,1H3. The van der Waals surface area contributed by atoms with Crippen molar-refractivity contribution in [2.75, 3.05) is 13.3 Å². The summed E-state index contributed by atoms with van der Waals surface area (Å²) in [7, 11) is 0. The Hall–Kier alpha value is -1.26. The van der Waals surface area contributed by atoms with Crippen molar-refractivity contribution in [3.05, 3.63) is 23.8 Å². The summed E-state index contributed by atoms with van der Waals surface area (Å²) >= 11 is 0. The quantitative estimate of drug-likeness (QED) is 0.856. The second-order valence-corrected chi connectivity index (χ2v) is 5.42. The van der Waals surface area contributed by atoms with E-state index in [0.717, 1.165) is 17.1 Å². The minimum Gasteiger partial charge on any atom is -0.454 e. The van der Waals surface area contributed by atoms with Gasteiger partial charge in [-0.25, -0.2) is 0 Å². The Labute approximate surface area is 107 Å². The molecule has 1 atom stereocenters. The van der Waals surface area contributed by atoms with Crippen molar-refractivity contribution in [1.29, 1.82) is 0 Å². The molecule has 0 saturated heterocycles. The number of rotatable bonds is 4. The van der Waals surface area contributed by atoms with Crippen LogP contribution in [0.5, 0.6) is 11.5 Å². The average Bonchev–Trinajstić information content (AvgIpc) is 2.80. The summed E-state index contributed by atoms with van der Waals surface area (Å²) in [4.78, 5) is 0. The average molecular weight is 249 g/mol. The largest absolute Gasteiger partial charge is 0.454 e. The monoisotopic (exact) mass is 249 g/mol. The molecule has 0 bridgehead atoms. The smallest absolute Gasteiger partial charge is 0.231 e. The Kier molecular flexibility index (Phi) is 2.92. The summed E-state index contributed by atoms with van der Waals surface area (Å²) in [6.45, 7) is 3.06. The maximum absolute atomic E-state index is 10.2. The van der Waals surface area contributed by atoms with Crippen molar-refractivity contribution in [2.24, 2.45) is 0 Å². The molecule has 0 amide bonds. The van der Waals surface area contributed by atoms with Gasteiger partial charge in [-0.3, -0.25) is 0 Å². The fraction of sp³-hybridized carbons (Fsp3) is 0.571. The van der Waals surface area contributed by atoms with Crippen LogP contribution in [0.4, 0.5) is 0 Å². The zero-order chi connectivity index (χ0) is 12.6. The highest BCUT2D eigenvalue weighted by molar-refractivity contribution is 5.45. The van der Waals surface area contributed by atoms with E-state index in [1.54, 1.807) is 0 Å². The van der Waals surface area contributed by atoms with Crippen molar-refractivity contribution in [1.82, 2.24) is 5.32 Å². The molecule has 1 saturated carbocycles. The summed E-state index contributed by atoms with van der Waals surface area (Å²) in [5.41, 5.74) is 1.09. The summed E-state index contributed by atoms with van der Waals surface area (Å²) in [6.07, 6.45) is 3.17. The van der Waals surface area contributed by atoms with E-state index < -0.39 is 6.10 Å².